The molecular weight excluding hydrogens is 324 g/mol. The first kappa shape index (κ1) is 17.6. The minimum atomic E-state index is -0.224. The van der Waals surface area contributed by atoms with Gasteiger partial charge in [-0.2, -0.15) is 0 Å². The summed E-state index contributed by atoms with van der Waals surface area (Å²) in [7, 11) is 1.95. The molecular formula is C21H22N4O. The molecule has 0 unspecified atom stereocenters. The average Bonchev–Trinajstić information content (AvgIpc) is 2.68. The minimum Gasteiger partial charge on any atom is -0.354 e. The van der Waals surface area contributed by atoms with Crippen molar-refractivity contribution in [2.75, 3.05) is 11.9 Å². The number of rotatable bonds is 6. The van der Waals surface area contributed by atoms with E-state index in [2.05, 4.69) is 27.4 Å². The Balaban J connectivity index is 1.60. The van der Waals surface area contributed by atoms with Gasteiger partial charge in [0.25, 0.3) is 5.91 Å². The molecule has 5 heteroatoms. The Morgan fingerprint density at radius 1 is 1.00 bits per heavy atom. The quantitative estimate of drug-likeness (QED) is 0.744. The number of aryl methyl sites for hydroxylation is 1. The standard InChI is InChI=1S/C21H22N4O/c1-16-8-6-7-11-18(16)12-24-21(26)19-13-23-20(14-22-19)25(2)15-17-9-4-3-5-10-17/h3-11,13-14H,12,15H2,1-2H3,(H,24,26). The van der Waals surface area contributed by atoms with Gasteiger partial charge in [-0.05, 0) is 23.6 Å². The van der Waals surface area contributed by atoms with Crippen LogP contribution in [-0.4, -0.2) is 22.9 Å². The molecule has 0 saturated carbocycles. The molecule has 3 aromatic rings. The fourth-order valence-corrected chi connectivity index (χ4v) is 2.65. The molecule has 0 aliphatic carbocycles. The summed E-state index contributed by atoms with van der Waals surface area (Å²) < 4.78 is 0. The van der Waals surface area contributed by atoms with Crippen molar-refractivity contribution in [2.24, 2.45) is 0 Å². The van der Waals surface area contributed by atoms with Crippen LogP contribution in [0.25, 0.3) is 0 Å². The van der Waals surface area contributed by atoms with Gasteiger partial charge in [-0.3, -0.25) is 4.79 Å². The molecule has 0 aliphatic rings. The van der Waals surface area contributed by atoms with Crippen molar-refractivity contribution in [3.8, 4) is 0 Å². The van der Waals surface area contributed by atoms with Gasteiger partial charge in [0.15, 0.2) is 0 Å². The van der Waals surface area contributed by atoms with Gasteiger partial charge in [0, 0.05) is 20.1 Å². The normalized spacial score (nSPS) is 10.4. The SMILES string of the molecule is Cc1ccccc1CNC(=O)c1cnc(N(C)Cc2ccccc2)cn1. The maximum atomic E-state index is 12.3. The average molecular weight is 346 g/mol. The van der Waals surface area contributed by atoms with Crippen molar-refractivity contribution in [1.82, 2.24) is 15.3 Å². The van der Waals surface area contributed by atoms with E-state index in [1.165, 1.54) is 11.8 Å². The van der Waals surface area contributed by atoms with Gasteiger partial charge >= 0.3 is 0 Å². The second kappa shape index (κ2) is 8.25. The predicted molar refractivity (Wildman–Crippen MR) is 103 cm³/mol. The monoisotopic (exact) mass is 346 g/mol. The van der Waals surface area contributed by atoms with Gasteiger partial charge in [0.05, 0.1) is 12.4 Å². The Labute approximate surface area is 153 Å². The zero-order chi connectivity index (χ0) is 18.4. The third kappa shape index (κ3) is 4.45. The summed E-state index contributed by atoms with van der Waals surface area (Å²) in [5, 5.41) is 2.89. The van der Waals surface area contributed by atoms with Crippen LogP contribution in [0, 0.1) is 6.92 Å². The topological polar surface area (TPSA) is 58.1 Å². The zero-order valence-electron chi connectivity index (χ0n) is 15.0. The Kier molecular flexibility index (Phi) is 5.59. The van der Waals surface area contributed by atoms with Crippen LogP contribution < -0.4 is 10.2 Å². The van der Waals surface area contributed by atoms with Crippen LogP contribution in [-0.2, 0) is 13.1 Å². The lowest BCUT2D eigenvalue weighted by Crippen LogP contribution is -2.25. The Bertz CT molecular complexity index is 863. The van der Waals surface area contributed by atoms with E-state index in [1.807, 2.05) is 61.3 Å². The smallest absolute Gasteiger partial charge is 0.271 e. The number of benzene rings is 2. The summed E-state index contributed by atoms with van der Waals surface area (Å²) in [6.45, 7) is 3.23. The number of amides is 1. The van der Waals surface area contributed by atoms with Crippen molar-refractivity contribution in [3.05, 3.63) is 89.4 Å². The number of nitrogens with zero attached hydrogens (tertiary/aromatic N) is 3. The highest BCUT2D eigenvalue weighted by Gasteiger charge is 2.10. The fraction of sp³-hybridized carbons (Fsp3) is 0.190. The third-order valence-electron chi connectivity index (χ3n) is 4.23. The van der Waals surface area contributed by atoms with E-state index in [-0.39, 0.29) is 5.91 Å². The van der Waals surface area contributed by atoms with Crippen LogP contribution in [0.4, 0.5) is 5.82 Å². The van der Waals surface area contributed by atoms with Crippen LogP contribution in [0.15, 0.2) is 67.0 Å². The fourth-order valence-electron chi connectivity index (χ4n) is 2.65. The second-order valence-electron chi connectivity index (χ2n) is 6.21. The molecule has 0 bridgehead atoms. The Morgan fingerprint density at radius 2 is 1.73 bits per heavy atom. The number of carbonyl (C=O) groups is 1. The largest absolute Gasteiger partial charge is 0.354 e. The summed E-state index contributed by atoms with van der Waals surface area (Å²) in [4.78, 5) is 22.9. The first-order chi connectivity index (χ1) is 12.6. The summed E-state index contributed by atoms with van der Waals surface area (Å²) >= 11 is 0. The minimum absolute atomic E-state index is 0.224. The molecule has 1 N–H and O–H groups in total. The number of hydrogen-bond donors (Lipinski definition) is 1. The van der Waals surface area contributed by atoms with Crippen molar-refractivity contribution in [2.45, 2.75) is 20.0 Å². The van der Waals surface area contributed by atoms with Gasteiger partial charge in [0.2, 0.25) is 0 Å². The number of carbonyl (C=O) groups excluding carboxylic acids is 1. The second-order valence-corrected chi connectivity index (χ2v) is 6.21. The van der Waals surface area contributed by atoms with Gasteiger partial charge in [-0.25, -0.2) is 9.97 Å². The van der Waals surface area contributed by atoms with Gasteiger partial charge in [-0.1, -0.05) is 54.6 Å². The third-order valence-corrected chi connectivity index (χ3v) is 4.23. The molecule has 0 aliphatic heterocycles. The molecule has 0 fully saturated rings. The van der Waals surface area contributed by atoms with Crippen molar-refractivity contribution >= 4 is 11.7 Å². The molecule has 132 valence electrons. The van der Waals surface area contributed by atoms with Crippen LogP contribution in [0.2, 0.25) is 0 Å². The van der Waals surface area contributed by atoms with Gasteiger partial charge < -0.3 is 10.2 Å². The summed E-state index contributed by atoms with van der Waals surface area (Å²) in [5.74, 6) is 0.502. The molecule has 3 rings (SSSR count). The molecule has 2 aromatic carbocycles. The first-order valence-electron chi connectivity index (χ1n) is 8.53. The molecule has 0 atom stereocenters. The van der Waals surface area contributed by atoms with Gasteiger partial charge in [0.1, 0.15) is 11.5 Å². The number of aromatic nitrogens is 2. The molecule has 1 heterocycles. The predicted octanol–water partition coefficient (Wildman–Crippen LogP) is 3.35. The van der Waals surface area contributed by atoms with Crippen LogP contribution in [0.1, 0.15) is 27.2 Å². The Hall–Kier alpha value is -3.21. The lowest BCUT2D eigenvalue weighted by molar-refractivity contribution is 0.0945. The number of nitrogens with one attached hydrogen (secondary N) is 1. The molecule has 0 spiro atoms. The van der Waals surface area contributed by atoms with Crippen LogP contribution in [0.5, 0.6) is 0 Å². The molecule has 1 amide bonds. The summed E-state index contributed by atoms with van der Waals surface area (Å²) in [5.41, 5.74) is 3.75. The maximum absolute atomic E-state index is 12.3. The van der Waals surface area contributed by atoms with E-state index < -0.39 is 0 Å². The number of anilines is 1. The number of hydrogen-bond acceptors (Lipinski definition) is 4. The molecule has 5 nitrogen and oxygen atoms in total. The van der Waals surface area contributed by atoms with Crippen molar-refractivity contribution in [1.29, 1.82) is 0 Å². The van der Waals surface area contributed by atoms with Crippen LogP contribution >= 0.6 is 0 Å². The lowest BCUT2D eigenvalue weighted by atomic mass is 10.1. The molecule has 26 heavy (non-hydrogen) atoms. The van der Waals surface area contributed by atoms with E-state index in [1.54, 1.807) is 6.20 Å². The molecule has 1 aromatic heterocycles. The van der Waals surface area contributed by atoms with Crippen molar-refractivity contribution < 1.29 is 4.79 Å². The first-order valence-corrected chi connectivity index (χ1v) is 8.53. The van der Waals surface area contributed by atoms with E-state index >= 15 is 0 Å². The highest BCUT2D eigenvalue weighted by atomic mass is 16.1. The maximum Gasteiger partial charge on any atom is 0.271 e. The molecule has 0 saturated heterocycles. The Morgan fingerprint density at radius 3 is 2.42 bits per heavy atom. The van der Waals surface area contributed by atoms with Gasteiger partial charge in [-0.15, -0.1) is 0 Å². The summed E-state index contributed by atoms with van der Waals surface area (Å²) in [6, 6.07) is 18.1. The lowest BCUT2D eigenvalue weighted by Gasteiger charge is -2.17. The van der Waals surface area contributed by atoms with E-state index in [0.29, 0.717) is 12.2 Å². The highest BCUT2D eigenvalue weighted by molar-refractivity contribution is 5.92. The summed E-state index contributed by atoms with van der Waals surface area (Å²) in [6.07, 6.45) is 3.15. The van der Waals surface area contributed by atoms with Crippen LogP contribution in [0.3, 0.4) is 0 Å². The zero-order valence-corrected chi connectivity index (χ0v) is 15.0. The van der Waals surface area contributed by atoms with E-state index in [9.17, 15) is 4.79 Å². The van der Waals surface area contributed by atoms with Crippen molar-refractivity contribution in [3.63, 3.8) is 0 Å². The van der Waals surface area contributed by atoms with E-state index in [0.717, 1.165) is 23.5 Å². The molecule has 0 radical (unpaired) electrons. The highest BCUT2D eigenvalue weighted by Crippen LogP contribution is 2.12. The van der Waals surface area contributed by atoms with E-state index in [4.69, 9.17) is 0 Å².